The highest BCUT2D eigenvalue weighted by Gasteiger charge is 2.33. The van der Waals surface area contributed by atoms with Crippen molar-refractivity contribution >= 4 is 22.5 Å². The van der Waals surface area contributed by atoms with Crippen molar-refractivity contribution < 1.29 is 0 Å². The Morgan fingerprint density at radius 1 is 1.47 bits per heavy atom. The summed E-state index contributed by atoms with van der Waals surface area (Å²) in [6.07, 6.45) is 3.14. The van der Waals surface area contributed by atoms with Gasteiger partial charge in [-0.1, -0.05) is 18.5 Å². The lowest BCUT2D eigenvalue weighted by Crippen LogP contribution is -2.03. The minimum Gasteiger partial charge on any atom is -0.342 e. The normalized spacial score (nSPS) is 23.3. The summed E-state index contributed by atoms with van der Waals surface area (Å²) in [7, 11) is 0. The molecule has 1 aliphatic rings. The molecule has 3 nitrogen and oxygen atoms in total. The van der Waals surface area contributed by atoms with E-state index in [1.165, 1.54) is 17.7 Å². The average molecular weight is 250 g/mol. The molecule has 0 radical (unpaired) electrons. The Bertz CT molecular complexity index is 588. The summed E-state index contributed by atoms with van der Waals surface area (Å²) >= 11 is 6.19. The SMILES string of the molecule is Cc1c(C)n(CC2CC2C)c2c(Cl)nncc12. The molecule has 0 aromatic carbocycles. The monoisotopic (exact) mass is 249 g/mol. The number of aromatic nitrogens is 3. The standard InChI is InChI=1S/C13H16ClN3/c1-7-4-10(7)6-17-9(3)8(2)11-5-15-16-13(14)12(11)17/h5,7,10H,4,6H2,1-3H3. The van der Waals surface area contributed by atoms with Gasteiger partial charge in [0.1, 0.15) is 0 Å². The van der Waals surface area contributed by atoms with Gasteiger partial charge < -0.3 is 4.57 Å². The summed E-state index contributed by atoms with van der Waals surface area (Å²) in [5.74, 6) is 1.65. The van der Waals surface area contributed by atoms with E-state index in [4.69, 9.17) is 11.6 Å². The first-order chi connectivity index (χ1) is 8.09. The molecule has 0 bridgehead atoms. The molecular formula is C13H16ClN3. The van der Waals surface area contributed by atoms with Crippen LogP contribution in [-0.2, 0) is 6.54 Å². The lowest BCUT2D eigenvalue weighted by molar-refractivity contribution is 0.597. The van der Waals surface area contributed by atoms with Gasteiger partial charge in [-0.25, -0.2) is 0 Å². The van der Waals surface area contributed by atoms with Gasteiger partial charge in [0.15, 0.2) is 5.15 Å². The van der Waals surface area contributed by atoms with Crippen LogP contribution in [-0.4, -0.2) is 14.8 Å². The highest BCUT2D eigenvalue weighted by atomic mass is 35.5. The molecule has 2 aromatic heterocycles. The van der Waals surface area contributed by atoms with Gasteiger partial charge in [0, 0.05) is 17.6 Å². The van der Waals surface area contributed by atoms with Gasteiger partial charge in [0.25, 0.3) is 0 Å². The number of fused-ring (bicyclic) bond motifs is 1. The van der Waals surface area contributed by atoms with Crippen LogP contribution < -0.4 is 0 Å². The van der Waals surface area contributed by atoms with Gasteiger partial charge >= 0.3 is 0 Å². The molecule has 0 aliphatic heterocycles. The fourth-order valence-electron chi connectivity index (χ4n) is 2.57. The third-order valence-electron chi connectivity index (χ3n) is 4.10. The predicted molar refractivity (Wildman–Crippen MR) is 69.3 cm³/mol. The van der Waals surface area contributed by atoms with Crippen LogP contribution in [0.25, 0.3) is 10.9 Å². The summed E-state index contributed by atoms with van der Waals surface area (Å²) in [6.45, 7) is 7.64. The predicted octanol–water partition coefficient (Wildman–Crippen LogP) is 3.36. The van der Waals surface area contributed by atoms with Crippen molar-refractivity contribution in [1.29, 1.82) is 0 Å². The second-order valence-electron chi connectivity index (χ2n) is 5.19. The van der Waals surface area contributed by atoms with E-state index in [9.17, 15) is 0 Å². The maximum absolute atomic E-state index is 6.19. The lowest BCUT2D eigenvalue weighted by Gasteiger charge is -2.08. The van der Waals surface area contributed by atoms with Gasteiger partial charge in [0.2, 0.25) is 0 Å². The molecule has 1 saturated carbocycles. The summed E-state index contributed by atoms with van der Waals surface area (Å²) in [5.41, 5.74) is 3.61. The number of nitrogens with zero attached hydrogens (tertiary/aromatic N) is 3. The Labute approximate surface area is 106 Å². The van der Waals surface area contributed by atoms with E-state index >= 15 is 0 Å². The first kappa shape index (κ1) is 11.0. The van der Waals surface area contributed by atoms with Crippen molar-refractivity contribution in [2.45, 2.75) is 33.7 Å². The average Bonchev–Trinajstić information content (AvgIpc) is 2.94. The van der Waals surface area contributed by atoms with E-state index in [1.54, 1.807) is 0 Å². The molecular weight excluding hydrogens is 234 g/mol. The van der Waals surface area contributed by atoms with Crippen LogP contribution in [0.2, 0.25) is 5.15 Å². The summed E-state index contributed by atoms with van der Waals surface area (Å²) in [6, 6.07) is 0. The molecule has 3 rings (SSSR count). The lowest BCUT2D eigenvalue weighted by atomic mass is 10.2. The Morgan fingerprint density at radius 3 is 2.82 bits per heavy atom. The zero-order chi connectivity index (χ0) is 12.2. The third-order valence-corrected chi connectivity index (χ3v) is 4.35. The van der Waals surface area contributed by atoms with Crippen molar-refractivity contribution in [2.75, 3.05) is 0 Å². The zero-order valence-electron chi connectivity index (χ0n) is 10.4. The highest BCUT2D eigenvalue weighted by Crippen LogP contribution is 2.41. The third kappa shape index (κ3) is 1.64. The summed E-state index contributed by atoms with van der Waals surface area (Å²) in [5, 5.41) is 9.56. The number of rotatable bonds is 2. The van der Waals surface area contributed by atoms with E-state index in [0.29, 0.717) is 5.15 Å². The van der Waals surface area contributed by atoms with Crippen molar-refractivity contribution in [3.05, 3.63) is 22.6 Å². The molecule has 4 heteroatoms. The molecule has 1 aliphatic carbocycles. The Balaban J connectivity index is 2.18. The van der Waals surface area contributed by atoms with Crippen LogP contribution in [0.1, 0.15) is 24.6 Å². The molecule has 0 amide bonds. The quantitative estimate of drug-likeness (QED) is 0.817. The largest absolute Gasteiger partial charge is 0.342 e. The van der Waals surface area contributed by atoms with E-state index in [2.05, 4.69) is 35.5 Å². The second kappa shape index (κ2) is 3.70. The van der Waals surface area contributed by atoms with Crippen LogP contribution in [0.15, 0.2) is 6.20 Å². The maximum Gasteiger partial charge on any atom is 0.175 e. The van der Waals surface area contributed by atoms with Crippen LogP contribution in [0.4, 0.5) is 0 Å². The molecule has 0 spiro atoms. The van der Waals surface area contributed by atoms with Gasteiger partial charge in [-0.15, -0.1) is 5.10 Å². The van der Waals surface area contributed by atoms with Crippen LogP contribution in [0.3, 0.4) is 0 Å². The van der Waals surface area contributed by atoms with E-state index in [1.807, 2.05) is 6.20 Å². The van der Waals surface area contributed by atoms with Crippen molar-refractivity contribution in [3.8, 4) is 0 Å². The van der Waals surface area contributed by atoms with Crippen molar-refractivity contribution in [1.82, 2.24) is 14.8 Å². The molecule has 2 unspecified atom stereocenters. The Morgan fingerprint density at radius 2 is 2.18 bits per heavy atom. The summed E-state index contributed by atoms with van der Waals surface area (Å²) in [4.78, 5) is 0. The number of halogens is 1. The molecule has 90 valence electrons. The molecule has 0 N–H and O–H groups in total. The number of hydrogen-bond acceptors (Lipinski definition) is 2. The molecule has 2 atom stereocenters. The van der Waals surface area contributed by atoms with Gasteiger partial charge in [-0.05, 0) is 37.7 Å². The molecule has 2 heterocycles. The van der Waals surface area contributed by atoms with Gasteiger partial charge in [0.05, 0.1) is 11.7 Å². The zero-order valence-corrected chi connectivity index (χ0v) is 11.1. The summed E-state index contributed by atoms with van der Waals surface area (Å²) < 4.78 is 2.32. The maximum atomic E-state index is 6.19. The van der Waals surface area contributed by atoms with Crippen molar-refractivity contribution in [2.24, 2.45) is 11.8 Å². The highest BCUT2D eigenvalue weighted by molar-refractivity contribution is 6.33. The molecule has 2 aromatic rings. The molecule has 0 saturated heterocycles. The Kier molecular flexibility index (Phi) is 2.40. The van der Waals surface area contributed by atoms with Crippen molar-refractivity contribution in [3.63, 3.8) is 0 Å². The first-order valence-electron chi connectivity index (χ1n) is 6.06. The van der Waals surface area contributed by atoms with Crippen LogP contribution in [0.5, 0.6) is 0 Å². The molecule has 1 fully saturated rings. The Hall–Kier alpha value is -1.09. The second-order valence-corrected chi connectivity index (χ2v) is 5.55. The first-order valence-corrected chi connectivity index (χ1v) is 6.44. The fourth-order valence-corrected chi connectivity index (χ4v) is 2.82. The minimum atomic E-state index is 0.520. The van der Waals surface area contributed by atoms with E-state index in [-0.39, 0.29) is 0 Å². The van der Waals surface area contributed by atoms with E-state index < -0.39 is 0 Å². The fraction of sp³-hybridized carbons (Fsp3) is 0.538. The minimum absolute atomic E-state index is 0.520. The molecule has 17 heavy (non-hydrogen) atoms. The van der Waals surface area contributed by atoms with E-state index in [0.717, 1.165) is 29.3 Å². The van der Waals surface area contributed by atoms with Gasteiger partial charge in [-0.2, -0.15) is 5.10 Å². The topological polar surface area (TPSA) is 30.7 Å². The van der Waals surface area contributed by atoms with Crippen LogP contribution >= 0.6 is 11.6 Å². The number of hydrogen-bond donors (Lipinski definition) is 0. The van der Waals surface area contributed by atoms with Gasteiger partial charge in [-0.3, -0.25) is 0 Å². The van der Waals surface area contributed by atoms with Crippen LogP contribution in [0, 0.1) is 25.7 Å². The number of aryl methyl sites for hydroxylation is 1. The smallest absolute Gasteiger partial charge is 0.175 e.